The number of hydrogen-bond acceptors (Lipinski definition) is 2. The van der Waals surface area contributed by atoms with E-state index in [1.807, 2.05) is 6.07 Å². The molecule has 13 aromatic rings. The third kappa shape index (κ3) is 6.90. The summed E-state index contributed by atoms with van der Waals surface area (Å²) in [5.41, 5.74) is 23.6. The van der Waals surface area contributed by atoms with Crippen LogP contribution in [-0.2, 0) is 10.8 Å². The van der Waals surface area contributed by atoms with Crippen LogP contribution in [0.25, 0.3) is 89.2 Å². The largest absolute Gasteiger partial charge is 0.228 e. The van der Waals surface area contributed by atoms with Crippen LogP contribution in [0.15, 0.2) is 303 Å². The molecule has 1 heterocycles. The molecular formula is C76H50N2. The normalized spacial score (nSPS) is 13.3. The number of rotatable bonds is 9. The Balaban J connectivity index is 0.891. The summed E-state index contributed by atoms with van der Waals surface area (Å²) in [7, 11) is 0. The predicted octanol–water partition coefficient (Wildman–Crippen LogP) is 18.7. The van der Waals surface area contributed by atoms with Gasteiger partial charge in [-0.05, 0) is 118 Å². The molecule has 2 heteroatoms. The Bertz CT molecular complexity index is 4340. The average Bonchev–Trinajstić information content (AvgIpc) is 4.24. The number of hydrogen-bond donors (Lipinski definition) is 0. The smallest absolute Gasteiger partial charge is 0.160 e. The quantitative estimate of drug-likeness (QED) is 0.144. The van der Waals surface area contributed by atoms with Crippen LogP contribution in [0.2, 0.25) is 0 Å². The summed E-state index contributed by atoms with van der Waals surface area (Å²) in [5, 5.41) is 2.29. The average molecular weight is 991 g/mol. The molecule has 0 amide bonds. The first-order valence-corrected chi connectivity index (χ1v) is 27.0. The zero-order chi connectivity index (χ0) is 51.6. The van der Waals surface area contributed by atoms with Crippen molar-refractivity contribution in [3.8, 4) is 78.4 Å². The van der Waals surface area contributed by atoms with Gasteiger partial charge in [0.2, 0.25) is 0 Å². The fourth-order valence-corrected chi connectivity index (χ4v) is 13.4. The Labute approximate surface area is 455 Å². The standard InChI is InChI=1S/C76H50N2/c1-6-24-51(25-7-1)74-77-71(54-44-45-65-63-38-18-20-42-68(63)75(70(65)49-54,55-28-8-2-9-29-55)56-30-10-3-11-31-56)50-72(78-74)66-47-46-59(61-36-16-17-37-62(61)66)52-26-22-27-53(48-52)60-40-23-41-67-64-39-19-21-43-69(64)76(73(60)67,57-32-12-4-13-33-57)58-34-14-5-15-35-58/h1-50H. The van der Waals surface area contributed by atoms with E-state index in [-0.39, 0.29) is 0 Å². The Hall–Kier alpha value is -10.0. The van der Waals surface area contributed by atoms with Gasteiger partial charge in [0.05, 0.1) is 22.2 Å². The minimum atomic E-state index is -0.537. The number of fused-ring (bicyclic) bond motifs is 7. The Morgan fingerprint density at radius 1 is 0.218 bits per heavy atom. The van der Waals surface area contributed by atoms with Crippen LogP contribution < -0.4 is 0 Å². The van der Waals surface area contributed by atoms with Crippen molar-refractivity contribution in [2.45, 2.75) is 10.8 Å². The SMILES string of the molecule is c1ccc(-c2nc(-c3ccc4c(c3)C(c3ccccc3)(c3ccccc3)c3ccccc3-4)cc(-c3ccc(-c4cccc(-c5cccc6c5C(c5ccccc5)(c5ccccc5)c5ccccc5-6)c4)c4ccccc34)n2)cc1. The maximum absolute atomic E-state index is 5.44. The lowest BCUT2D eigenvalue weighted by Gasteiger charge is -2.35. The zero-order valence-corrected chi connectivity index (χ0v) is 42.8. The molecule has 0 saturated carbocycles. The van der Waals surface area contributed by atoms with Crippen molar-refractivity contribution in [3.63, 3.8) is 0 Å². The highest BCUT2D eigenvalue weighted by molar-refractivity contribution is 6.05. The van der Waals surface area contributed by atoms with Crippen molar-refractivity contribution in [2.75, 3.05) is 0 Å². The number of nitrogens with zero attached hydrogens (tertiary/aromatic N) is 2. The Morgan fingerprint density at radius 3 is 1.26 bits per heavy atom. The molecule has 0 spiro atoms. The second-order valence-corrected chi connectivity index (χ2v) is 20.7. The van der Waals surface area contributed by atoms with Gasteiger partial charge in [-0.1, -0.05) is 285 Å². The van der Waals surface area contributed by atoms with E-state index >= 15 is 0 Å². The second kappa shape index (κ2) is 18.4. The molecule has 12 aromatic carbocycles. The van der Waals surface area contributed by atoms with Crippen molar-refractivity contribution >= 4 is 10.8 Å². The van der Waals surface area contributed by atoms with Gasteiger partial charge in [0, 0.05) is 16.7 Å². The lowest BCUT2D eigenvalue weighted by Crippen LogP contribution is -2.29. The topological polar surface area (TPSA) is 25.8 Å². The zero-order valence-electron chi connectivity index (χ0n) is 42.8. The molecule has 0 saturated heterocycles. The fraction of sp³-hybridized carbons (Fsp3) is 0.0263. The Morgan fingerprint density at radius 2 is 0.628 bits per heavy atom. The van der Waals surface area contributed by atoms with Crippen molar-refractivity contribution in [2.24, 2.45) is 0 Å². The van der Waals surface area contributed by atoms with E-state index in [4.69, 9.17) is 9.97 Å². The van der Waals surface area contributed by atoms with Crippen molar-refractivity contribution < 1.29 is 0 Å². The van der Waals surface area contributed by atoms with Gasteiger partial charge in [0.15, 0.2) is 5.82 Å². The van der Waals surface area contributed by atoms with Crippen LogP contribution >= 0.6 is 0 Å². The van der Waals surface area contributed by atoms with Crippen LogP contribution in [0.3, 0.4) is 0 Å². The molecular weight excluding hydrogens is 941 g/mol. The molecule has 0 radical (unpaired) electrons. The molecule has 0 bridgehead atoms. The molecule has 0 fully saturated rings. The van der Waals surface area contributed by atoms with Crippen LogP contribution in [0.4, 0.5) is 0 Å². The summed E-state index contributed by atoms with van der Waals surface area (Å²) in [5.74, 6) is 0.685. The Kier molecular flexibility index (Phi) is 10.7. The van der Waals surface area contributed by atoms with Gasteiger partial charge in [-0.2, -0.15) is 0 Å². The molecule has 2 aliphatic rings. The molecule has 0 atom stereocenters. The van der Waals surface area contributed by atoms with Gasteiger partial charge in [-0.15, -0.1) is 0 Å². The third-order valence-electron chi connectivity index (χ3n) is 16.7. The molecule has 2 aliphatic carbocycles. The number of benzene rings is 12. The van der Waals surface area contributed by atoms with E-state index in [2.05, 4.69) is 297 Å². The van der Waals surface area contributed by atoms with Gasteiger partial charge in [0.1, 0.15) is 0 Å². The number of aromatic nitrogens is 2. The summed E-state index contributed by atoms with van der Waals surface area (Å²) < 4.78 is 0. The van der Waals surface area contributed by atoms with Crippen LogP contribution in [0.5, 0.6) is 0 Å². The lowest BCUT2D eigenvalue weighted by atomic mass is 9.66. The monoisotopic (exact) mass is 990 g/mol. The third-order valence-corrected chi connectivity index (χ3v) is 16.7. The predicted molar refractivity (Wildman–Crippen MR) is 321 cm³/mol. The highest BCUT2D eigenvalue weighted by Gasteiger charge is 2.48. The molecule has 0 unspecified atom stereocenters. The maximum atomic E-state index is 5.44. The lowest BCUT2D eigenvalue weighted by molar-refractivity contribution is 0.768. The summed E-state index contributed by atoms with van der Waals surface area (Å²) in [6, 6.07) is 111. The van der Waals surface area contributed by atoms with Crippen molar-refractivity contribution in [3.05, 3.63) is 348 Å². The van der Waals surface area contributed by atoms with Crippen molar-refractivity contribution in [1.82, 2.24) is 9.97 Å². The maximum Gasteiger partial charge on any atom is 0.160 e. The summed E-state index contributed by atoms with van der Waals surface area (Å²) >= 11 is 0. The molecule has 78 heavy (non-hydrogen) atoms. The van der Waals surface area contributed by atoms with E-state index in [1.54, 1.807) is 0 Å². The molecule has 15 rings (SSSR count). The van der Waals surface area contributed by atoms with E-state index in [9.17, 15) is 0 Å². The summed E-state index contributed by atoms with van der Waals surface area (Å²) in [6.45, 7) is 0. The summed E-state index contributed by atoms with van der Waals surface area (Å²) in [6.07, 6.45) is 0. The minimum absolute atomic E-state index is 0.526. The van der Waals surface area contributed by atoms with E-state index in [0.717, 1.165) is 44.4 Å². The highest BCUT2D eigenvalue weighted by Crippen LogP contribution is 2.60. The van der Waals surface area contributed by atoms with Crippen LogP contribution in [0, 0.1) is 0 Å². The van der Waals surface area contributed by atoms with Gasteiger partial charge >= 0.3 is 0 Å². The highest BCUT2D eigenvalue weighted by atomic mass is 14.9. The molecule has 0 aliphatic heterocycles. The summed E-state index contributed by atoms with van der Waals surface area (Å²) in [4.78, 5) is 10.9. The van der Waals surface area contributed by atoms with E-state index < -0.39 is 10.8 Å². The van der Waals surface area contributed by atoms with E-state index in [1.165, 1.54) is 83.5 Å². The first-order valence-electron chi connectivity index (χ1n) is 27.0. The van der Waals surface area contributed by atoms with E-state index in [0.29, 0.717) is 5.82 Å². The molecule has 0 N–H and O–H groups in total. The first-order chi connectivity index (χ1) is 38.7. The van der Waals surface area contributed by atoms with Crippen LogP contribution in [0.1, 0.15) is 44.5 Å². The molecule has 1 aromatic heterocycles. The van der Waals surface area contributed by atoms with Gasteiger partial charge in [0.25, 0.3) is 0 Å². The molecule has 364 valence electrons. The van der Waals surface area contributed by atoms with Gasteiger partial charge in [-0.25, -0.2) is 9.97 Å². The van der Waals surface area contributed by atoms with Crippen molar-refractivity contribution in [1.29, 1.82) is 0 Å². The van der Waals surface area contributed by atoms with Gasteiger partial charge in [-0.3, -0.25) is 0 Å². The van der Waals surface area contributed by atoms with Gasteiger partial charge < -0.3 is 0 Å². The minimum Gasteiger partial charge on any atom is -0.228 e. The second-order valence-electron chi connectivity index (χ2n) is 20.7. The molecule has 2 nitrogen and oxygen atoms in total. The van der Waals surface area contributed by atoms with Crippen LogP contribution in [-0.4, -0.2) is 9.97 Å². The first kappa shape index (κ1) is 45.4. The fourth-order valence-electron chi connectivity index (χ4n) is 13.4.